The molecule has 19 heavy (non-hydrogen) atoms. The molecule has 1 amide bonds. The van der Waals surface area contributed by atoms with Crippen molar-refractivity contribution in [3.8, 4) is 0 Å². The Kier molecular flexibility index (Phi) is 7.09. The lowest BCUT2D eigenvalue weighted by Crippen LogP contribution is -2.44. The highest BCUT2D eigenvalue weighted by atomic mass is 35.5. The second-order valence-electron chi connectivity index (χ2n) is 5.65. The molecule has 3 N–H and O–H groups in total. The van der Waals surface area contributed by atoms with Gasteiger partial charge in [-0.2, -0.15) is 0 Å². The van der Waals surface area contributed by atoms with Gasteiger partial charge in [0.15, 0.2) is 0 Å². The molecule has 1 unspecified atom stereocenters. The van der Waals surface area contributed by atoms with Crippen LogP contribution in [0.2, 0.25) is 0 Å². The summed E-state index contributed by atoms with van der Waals surface area (Å²) in [6, 6.07) is 10.0. The molecule has 0 heterocycles. The van der Waals surface area contributed by atoms with Gasteiger partial charge in [0.1, 0.15) is 0 Å². The molecule has 4 heteroatoms. The summed E-state index contributed by atoms with van der Waals surface area (Å²) in [6.45, 7) is 8.10. The Morgan fingerprint density at radius 2 is 1.79 bits per heavy atom. The van der Waals surface area contributed by atoms with Crippen LogP contribution in [0.4, 0.5) is 0 Å². The van der Waals surface area contributed by atoms with E-state index in [0.717, 1.165) is 6.42 Å². The lowest BCUT2D eigenvalue weighted by molar-refractivity contribution is -0.122. The van der Waals surface area contributed by atoms with Gasteiger partial charge in [0, 0.05) is 6.04 Å². The highest BCUT2D eigenvalue weighted by Gasteiger charge is 2.24. The van der Waals surface area contributed by atoms with E-state index >= 15 is 0 Å². The van der Waals surface area contributed by atoms with Crippen molar-refractivity contribution in [2.75, 3.05) is 0 Å². The summed E-state index contributed by atoms with van der Waals surface area (Å²) in [4.78, 5) is 11.5. The number of benzene rings is 1. The monoisotopic (exact) mass is 284 g/mol. The first-order valence-corrected chi connectivity index (χ1v) is 6.44. The zero-order chi connectivity index (χ0) is 13.8. The maximum Gasteiger partial charge on any atom is 0.236 e. The van der Waals surface area contributed by atoms with Crippen LogP contribution in [0.5, 0.6) is 0 Å². The fraction of sp³-hybridized carbons (Fsp3) is 0.533. The van der Waals surface area contributed by atoms with Crippen LogP contribution >= 0.6 is 12.4 Å². The Morgan fingerprint density at radius 3 is 2.26 bits per heavy atom. The van der Waals surface area contributed by atoms with Crippen molar-refractivity contribution in [2.45, 2.75) is 51.6 Å². The molecule has 3 nitrogen and oxygen atoms in total. The lowest BCUT2D eigenvalue weighted by atomic mass is 9.79. The third kappa shape index (κ3) is 5.62. The fourth-order valence-electron chi connectivity index (χ4n) is 2.20. The molecule has 0 saturated carbocycles. The van der Waals surface area contributed by atoms with Gasteiger partial charge < -0.3 is 11.1 Å². The van der Waals surface area contributed by atoms with Crippen molar-refractivity contribution < 1.29 is 4.79 Å². The van der Waals surface area contributed by atoms with Gasteiger partial charge in [0.2, 0.25) is 5.91 Å². The van der Waals surface area contributed by atoms with Gasteiger partial charge >= 0.3 is 0 Å². The molecule has 0 aliphatic heterocycles. The highest BCUT2D eigenvalue weighted by molar-refractivity contribution is 5.85. The summed E-state index contributed by atoms with van der Waals surface area (Å²) < 4.78 is 0. The third-order valence-corrected chi connectivity index (χ3v) is 3.17. The van der Waals surface area contributed by atoms with Crippen LogP contribution in [-0.2, 0) is 10.2 Å². The Morgan fingerprint density at radius 1 is 1.26 bits per heavy atom. The van der Waals surface area contributed by atoms with E-state index in [1.165, 1.54) is 5.56 Å². The number of hydrogen-bond acceptors (Lipinski definition) is 2. The summed E-state index contributed by atoms with van der Waals surface area (Å²) in [5.74, 6) is -0.0913. The SMILES string of the molecule is CC(CC(C)(C)c1ccccc1)NC(=O)[C@H](C)N.Cl. The van der Waals surface area contributed by atoms with E-state index < -0.39 is 6.04 Å². The molecule has 0 bridgehead atoms. The summed E-state index contributed by atoms with van der Waals surface area (Å²) >= 11 is 0. The molecule has 108 valence electrons. The Labute approximate surface area is 122 Å². The van der Waals surface area contributed by atoms with Gasteiger partial charge in [0.25, 0.3) is 0 Å². The van der Waals surface area contributed by atoms with Crippen LogP contribution in [0.1, 0.15) is 39.7 Å². The maximum atomic E-state index is 11.5. The third-order valence-electron chi connectivity index (χ3n) is 3.17. The van der Waals surface area contributed by atoms with E-state index in [-0.39, 0.29) is 29.8 Å². The van der Waals surface area contributed by atoms with Gasteiger partial charge in [-0.15, -0.1) is 12.4 Å². The standard InChI is InChI=1S/C15H24N2O.ClH/c1-11(17-14(18)12(2)16)10-15(3,4)13-8-6-5-7-9-13;/h5-9,11-12H,10,16H2,1-4H3,(H,17,18);1H/t11?,12-;/m0./s1. The summed E-state index contributed by atoms with van der Waals surface area (Å²) in [7, 11) is 0. The number of amides is 1. The minimum absolute atomic E-state index is 0. The number of rotatable bonds is 5. The molecule has 0 saturated heterocycles. The molecular weight excluding hydrogens is 260 g/mol. The number of carbonyl (C=O) groups excluding carboxylic acids is 1. The number of nitrogens with two attached hydrogens (primary N) is 1. The maximum absolute atomic E-state index is 11.5. The molecule has 0 radical (unpaired) electrons. The molecule has 1 rings (SSSR count). The fourth-order valence-corrected chi connectivity index (χ4v) is 2.20. The van der Waals surface area contributed by atoms with Crippen LogP contribution in [0.25, 0.3) is 0 Å². The zero-order valence-corrected chi connectivity index (χ0v) is 13.0. The van der Waals surface area contributed by atoms with Gasteiger partial charge in [-0.3, -0.25) is 4.79 Å². The molecule has 0 fully saturated rings. The van der Waals surface area contributed by atoms with Crippen molar-refractivity contribution >= 4 is 18.3 Å². The molecule has 1 aromatic carbocycles. The molecule has 1 aromatic rings. The molecule has 0 spiro atoms. The van der Waals surface area contributed by atoms with Crippen molar-refractivity contribution in [3.63, 3.8) is 0 Å². The van der Waals surface area contributed by atoms with Crippen molar-refractivity contribution in [2.24, 2.45) is 5.73 Å². The predicted molar refractivity (Wildman–Crippen MR) is 82.6 cm³/mol. The van der Waals surface area contributed by atoms with E-state index in [9.17, 15) is 4.79 Å². The number of nitrogens with one attached hydrogen (secondary N) is 1. The summed E-state index contributed by atoms with van der Waals surface area (Å²) in [5, 5.41) is 2.94. The smallest absolute Gasteiger partial charge is 0.236 e. The normalized spacial score (nSPS) is 14.2. The Balaban J connectivity index is 0.00000324. The lowest BCUT2D eigenvalue weighted by Gasteiger charge is -2.29. The first kappa shape index (κ1) is 17.9. The van der Waals surface area contributed by atoms with E-state index in [1.807, 2.05) is 25.1 Å². The number of halogens is 1. The van der Waals surface area contributed by atoms with Gasteiger partial charge in [-0.05, 0) is 31.2 Å². The largest absolute Gasteiger partial charge is 0.352 e. The second kappa shape index (κ2) is 7.51. The topological polar surface area (TPSA) is 55.1 Å². The predicted octanol–water partition coefficient (Wildman–Crippen LogP) is 2.63. The first-order valence-electron chi connectivity index (χ1n) is 6.44. The summed E-state index contributed by atoms with van der Waals surface area (Å²) in [6.07, 6.45) is 0.884. The highest BCUT2D eigenvalue weighted by Crippen LogP contribution is 2.28. The van der Waals surface area contributed by atoms with E-state index in [4.69, 9.17) is 5.73 Å². The van der Waals surface area contributed by atoms with Crippen LogP contribution in [0.15, 0.2) is 30.3 Å². The van der Waals surface area contributed by atoms with Crippen molar-refractivity contribution in [3.05, 3.63) is 35.9 Å². The average Bonchev–Trinajstić information content (AvgIpc) is 2.29. The van der Waals surface area contributed by atoms with Crippen molar-refractivity contribution in [1.82, 2.24) is 5.32 Å². The van der Waals surface area contributed by atoms with E-state index in [0.29, 0.717) is 0 Å². The first-order chi connectivity index (χ1) is 8.33. The molecule has 2 atom stereocenters. The van der Waals surface area contributed by atoms with Crippen LogP contribution in [0, 0.1) is 0 Å². The van der Waals surface area contributed by atoms with Crippen LogP contribution < -0.4 is 11.1 Å². The van der Waals surface area contributed by atoms with Gasteiger partial charge in [-0.1, -0.05) is 44.2 Å². The summed E-state index contributed by atoms with van der Waals surface area (Å²) in [5.41, 5.74) is 6.86. The molecular formula is C15H25ClN2O. The Hall–Kier alpha value is -1.06. The quantitative estimate of drug-likeness (QED) is 0.873. The molecule has 0 aromatic heterocycles. The van der Waals surface area contributed by atoms with E-state index in [2.05, 4.69) is 31.3 Å². The molecule has 0 aliphatic carbocycles. The van der Waals surface area contributed by atoms with Gasteiger partial charge in [0.05, 0.1) is 6.04 Å². The molecule has 0 aliphatic rings. The number of carbonyl (C=O) groups is 1. The number of hydrogen-bond donors (Lipinski definition) is 2. The average molecular weight is 285 g/mol. The van der Waals surface area contributed by atoms with E-state index in [1.54, 1.807) is 6.92 Å². The van der Waals surface area contributed by atoms with Gasteiger partial charge in [-0.25, -0.2) is 0 Å². The second-order valence-corrected chi connectivity index (χ2v) is 5.65. The minimum atomic E-state index is -0.452. The van der Waals surface area contributed by atoms with Crippen LogP contribution in [0.3, 0.4) is 0 Å². The van der Waals surface area contributed by atoms with Crippen LogP contribution in [-0.4, -0.2) is 18.0 Å². The Bertz CT molecular complexity index is 390. The minimum Gasteiger partial charge on any atom is -0.352 e. The zero-order valence-electron chi connectivity index (χ0n) is 12.1. The van der Waals surface area contributed by atoms with Crippen molar-refractivity contribution in [1.29, 1.82) is 0 Å².